The molecule has 2 aromatic heterocycles. The van der Waals surface area contributed by atoms with Crippen LogP contribution < -0.4 is 5.32 Å². The zero-order valence-corrected chi connectivity index (χ0v) is 11.7. The Labute approximate surface area is 114 Å². The number of H-pyrrole nitrogens is 1. The Balaban J connectivity index is 1.97. The highest BCUT2D eigenvalue weighted by Gasteiger charge is 2.17. The molecule has 1 atom stereocenters. The van der Waals surface area contributed by atoms with E-state index in [0.29, 0.717) is 10.7 Å². The van der Waals surface area contributed by atoms with Gasteiger partial charge in [-0.25, -0.2) is 0 Å². The van der Waals surface area contributed by atoms with E-state index in [-0.39, 0.29) is 17.6 Å². The Hall–Kier alpha value is -1.33. The van der Waals surface area contributed by atoms with Gasteiger partial charge in [-0.15, -0.1) is 0 Å². The van der Waals surface area contributed by atoms with E-state index in [9.17, 15) is 4.79 Å². The van der Waals surface area contributed by atoms with Crippen molar-refractivity contribution < 1.29 is 4.79 Å². The summed E-state index contributed by atoms with van der Waals surface area (Å²) in [5.74, 6) is -0.243. The average Bonchev–Trinajstić information content (AvgIpc) is 2.91. The molecule has 0 unspecified atom stereocenters. The predicted octanol–water partition coefficient (Wildman–Crippen LogP) is 2.79. The number of aryl methyl sites for hydroxylation is 1. The third kappa shape index (κ3) is 2.91. The highest BCUT2D eigenvalue weighted by molar-refractivity contribution is 7.07. The van der Waals surface area contributed by atoms with E-state index in [1.165, 1.54) is 5.56 Å². The second-order valence-corrected chi connectivity index (χ2v) is 5.38. The second kappa shape index (κ2) is 5.54. The topological polar surface area (TPSA) is 57.8 Å². The molecule has 0 aliphatic rings. The maximum atomic E-state index is 11.9. The minimum absolute atomic E-state index is 0.0418. The molecule has 0 aliphatic heterocycles. The molecule has 0 aliphatic carbocycles. The van der Waals surface area contributed by atoms with Crippen molar-refractivity contribution in [3.8, 4) is 0 Å². The third-order valence-corrected chi connectivity index (χ3v) is 3.78. The largest absolute Gasteiger partial charge is 0.348 e. The Bertz CT molecular complexity index is 536. The van der Waals surface area contributed by atoms with Crippen molar-refractivity contribution in [2.45, 2.75) is 26.3 Å². The van der Waals surface area contributed by atoms with Crippen molar-refractivity contribution in [1.29, 1.82) is 0 Å². The van der Waals surface area contributed by atoms with Crippen LogP contribution in [0.1, 0.15) is 28.7 Å². The molecule has 96 valence electrons. The van der Waals surface area contributed by atoms with Crippen molar-refractivity contribution in [2.75, 3.05) is 0 Å². The quantitative estimate of drug-likeness (QED) is 0.906. The van der Waals surface area contributed by atoms with Gasteiger partial charge in [0.25, 0.3) is 5.91 Å². The van der Waals surface area contributed by atoms with Gasteiger partial charge >= 0.3 is 0 Å². The van der Waals surface area contributed by atoms with E-state index in [2.05, 4.69) is 27.0 Å². The number of nitrogens with one attached hydrogen (secondary N) is 2. The number of carbonyl (C=O) groups is 1. The molecule has 2 aromatic rings. The standard InChI is InChI=1S/C12H14ClN3OS/c1-7(5-9-3-4-18-6-9)14-12(17)11-10(13)8(2)15-16-11/h3-4,6-7H,5H2,1-2H3,(H,14,17)(H,15,16)/t7-/m0/s1. The molecule has 1 amide bonds. The van der Waals surface area contributed by atoms with Gasteiger partial charge in [0.2, 0.25) is 0 Å². The summed E-state index contributed by atoms with van der Waals surface area (Å²) in [6, 6.07) is 2.10. The number of thiophene rings is 1. The lowest BCUT2D eigenvalue weighted by Crippen LogP contribution is -2.34. The molecule has 4 nitrogen and oxygen atoms in total. The van der Waals surface area contributed by atoms with Crippen LogP contribution in [0, 0.1) is 6.92 Å². The van der Waals surface area contributed by atoms with Gasteiger partial charge in [-0.05, 0) is 42.7 Å². The van der Waals surface area contributed by atoms with Crippen LogP contribution in [0.4, 0.5) is 0 Å². The number of amides is 1. The first-order valence-electron chi connectivity index (χ1n) is 5.60. The Morgan fingerprint density at radius 1 is 1.67 bits per heavy atom. The number of rotatable bonds is 4. The third-order valence-electron chi connectivity index (χ3n) is 2.59. The summed E-state index contributed by atoms with van der Waals surface area (Å²) in [6.45, 7) is 3.74. The van der Waals surface area contributed by atoms with Crippen LogP contribution in [-0.4, -0.2) is 22.1 Å². The number of aromatic nitrogens is 2. The minimum Gasteiger partial charge on any atom is -0.348 e. The van der Waals surface area contributed by atoms with Crippen LogP contribution in [0.2, 0.25) is 5.02 Å². The van der Waals surface area contributed by atoms with Crippen LogP contribution in [0.25, 0.3) is 0 Å². The van der Waals surface area contributed by atoms with Crippen LogP contribution in [0.5, 0.6) is 0 Å². The van der Waals surface area contributed by atoms with Crippen molar-refractivity contribution in [3.05, 3.63) is 38.8 Å². The second-order valence-electron chi connectivity index (χ2n) is 4.22. The van der Waals surface area contributed by atoms with E-state index in [0.717, 1.165) is 6.42 Å². The molecule has 18 heavy (non-hydrogen) atoms. The fourth-order valence-corrected chi connectivity index (χ4v) is 2.52. The Kier molecular flexibility index (Phi) is 4.04. The lowest BCUT2D eigenvalue weighted by Gasteiger charge is -2.12. The summed E-state index contributed by atoms with van der Waals surface area (Å²) in [7, 11) is 0. The van der Waals surface area contributed by atoms with E-state index < -0.39 is 0 Å². The molecule has 0 bridgehead atoms. The molecule has 0 radical (unpaired) electrons. The number of hydrogen-bond acceptors (Lipinski definition) is 3. The summed E-state index contributed by atoms with van der Waals surface area (Å²) >= 11 is 7.63. The molecule has 0 saturated carbocycles. The molecular formula is C12H14ClN3OS. The molecular weight excluding hydrogens is 270 g/mol. The van der Waals surface area contributed by atoms with E-state index in [1.54, 1.807) is 18.3 Å². The van der Waals surface area contributed by atoms with Gasteiger partial charge in [0, 0.05) is 6.04 Å². The van der Waals surface area contributed by atoms with Crippen LogP contribution in [0.3, 0.4) is 0 Å². The summed E-state index contributed by atoms with van der Waals surface area (Å²) in [6.07, 6.45) is 0.802. The fourth-order valence-electron chi connectivity index (χ4n) is 1.67. The molecule has 0 fully saturated rings. The van der Waals surface area contributed by atoms with Gasteiger partial charge in [0.15, 0.2) is 5.69 Å². The molecule has 0 spiro atoms. The highest BCUT2D eigenvalue weighted by Crippen LogP contribution is 2.17. The van der Waals surface area contributed by atoms with Gasteiger partial charge in [-0.3, -0.25) is 9.89 Å². The molecule has 0 saturated heterocycles. The average molecular weight is 284 g/mol. The van der Waals surface area contributed by atoms with Crippen LogP contribution in [-0.2, 0) is 6.42 Å². The first-order valence-corrected chi connectivity index (χ1v) is 6.92. The van der Waals surface area contributed by atoms with Gasteiger partial charge in [-0.2, -0.15) is 16.4 Å². The van der Waals surface area contributed by atoms with Crippen molar-refractivity contribution >= 4 is 28.8 Å². The first kappa shape index (κ1) is 13.1. The summed E-state index contributed by atoms with van der Waals surface area (Å²) in [5, 5.41) is 14.0. The normalized spacial score (nSPS) is 12.4. The van der Waals surface area contributed by atoms with Gasteiger partial charge in [0.1, 0.15) is 0 Å². The molecule has 2 N–H and O–H groups in total. The van der Waals surface area contributed by atoms with E-state index >= 15 is 0 Å². The summed E-state index contributed by atoms with van der Waals surface area (Å²) in [5.41, 5.74) is 2.18. The first-order chi connectivity index (χ1) is 8.58. The lowest BCUT2D eigenvalue weighted by atomic mass is 10.1. The zero-order valence-electron chi connectivity index (χ0n) is 10.2. The van der Waals surface area contributed by atoms with Crippen molar-refractivity contribution in [3.63, 3.8) is 0 Å². The molecule has 6 heteroatoms. The Morgan fingerprint density at radius 2 is 2.44 bits per heavy atom. The Morgan fingerprint density at radius 3 is 3.00 bits per heavy atom. The SMILES string of the molecule is Cc1[nH]nc(C(=O)N[C@@H](C)Cc2ccsc2)c1Cl. The summed E-state index contributed by atoms with van der Waals surface area (Å²) in [4.78, 5) is 11.9. The summed E-state index contributed by atoms with van der Waals surface area (Å²) < 4.78 is 0. The van der Waals surface area contributed by atoms with Gasteiger partial charge < -0.3 is 5.32 Å². The highest BCUT2D eigenvalue weighted by atomic mass is 35.5. The zero-order chi connectivity index (χ0) is 13.1. The minimum atomic E-state index is -0.243. The van der Waals surface area contributed by atoms with Crippen LogP contribution in [0.15, 0.2) is 16.8 Å². The van der Waals surface area contributed by atoms with E-state index in [4.69, 9.17) is 11.6 Å². The number of halogens is 1. The van der Waals surface area contributed by atoms with Crippen molar-refractivity contribution in [1.82, 2.24) is 15.5 Å². The predicted molar refractivity (Wildman–Crippen MR) is 73.3 cm³/mol. The fraction of sp³-hybridized carbons (Fsp3) is 0.333. The molecule has 2 heterocycles. The van der Waals surface area contributed by atoms with Crippen molar-refractivity contribution in [2.24, 2.45) is 0 Å². The van der Waals surface area contributed by atoms with E-state index in [1.807, 2.05) is 12.3 Å². The number of nitrogens with zero attached hydrogens (tertiary/aromatic N) is 1. The molecule has 0 aromatic carbocycles. The maximum absolute atomic E-state index is 11.9. The smallest absolute Gasteiger partial charge is 0.273 e. The number of hydrogen-bond donors (Lipinski definition) is 2. The number of carbonyl (C=O) groups excluding carboxylic acids is 1. The molecule has 2 rings (SSSR count). The van der Waals surface area contributed by atoms with Gasteiger partial charge in [0.05, 0.1) is 10.7 Å². The monoisotopic (exact) mass is 283 g/mol. The lowest BCUT2D eigenvalue weighted by molar-refractivity contribution is 0.0935. The van der Waals surface area contributed by atoms with Gasteiger partial charge in [-0.1, -0.05) is 11.6 Å². The maximum Gasteiger partial charge on any atom is 0.273 e. The van der Waals surface area contributed by atoms with Crippen LogP contribution >= 0.6 is 22.9 Å². The number of aromatic amines is 1.